The average molecular weight is 450 g/mol. The second-order valence-corrected chi connectivity index (χ2v) is 9.85. The number of hydrogen-bond donors (Lipinski definition) is 1. The van der Waals surface area contributed by atoms with E-state index in [-0.39, 0.29) is 10.9 Å². The number of carbonyl (C=O) groups is 1. The van der Waals surface area contributed by atoms with Crippen molar-refractivity contribution < 1.29 is 13.2 Å². The van der Waals surface area contributed by atoms with E-state index in [1.54, 1.807) is 47.4 Å². The number of hydrogen-bond acceptors (Lipinski definition) is 3. The fraction of sp³-hybridized carbons (Fsp3) is 0.240. The molecule has 1 aliphatic rings. The molecule has 0 aliphatic carbocycles. The molecule has 0 spiro atoms. The first-order chi connectivity index (χ1) is 15.3. The lowest BCUT2D eigenvalue weighted by molar-refractivity contribution is 0.192. The van der Waals surface area contributed by atoms with E-state index in [4.69, 9.17) is 0 Å². The number of nitrogens with one attached hydrogen (secondary N) is 1. The maximum Gasteiger partial charge on any atom is 0.324 e. The van der Waals surface area contributed by atoms with Crippen molar-refractivity contribution in [1.82, 2.24) is 4.90 Å². The lowest BCUT2D eigenvalue weighted by Gasteiger charge is -2.36. The molecule has 3 aromatic carbocycles. The normalized spacial score (nSPS) is 14.5. The van der Waals surface area contributed by atoms with Gasteiger partial charge in [0.2, 0.25) is 0 Å². The summed E-state index contributed by atoms with van der Waals surface area (Å²) in [5, 5.41) is 0. The molecule has 0 unspecified atom stereocenters. The number of sulfonamides is 1. The van der Waals surface area contributed by atoms with Gasteiger partial charge in [-0.2, -0.15) is 0 Å². The highest BCUT2D eigenvalue weighted by Crippen LogP contribution is 2.26. The van der Waals surface area contributed by atoms with Gasteiger partial charge in [0.05, 0.1) is 10.6 Å². The van der Waals surface area contributed by atoms with Gasteiger partial charge in [-0.1, -0.05) is 53.6 Å². The minimum absolute atomic E-state index is 0.0737. The third-order valence-electron chi connectivity index (χ3n) is 5.55. The number of urea groups is 1. The van der Waals surface area contributed by atoms with Crippen LogP contribution in [0.3, 0.4) is 0 Å². The van der Waals surface area contributed by atoms with E-state index in [1.165, 1.54) is 5.56 Å². The lowest BCUT2D eigenvalue weighted by Crippen LogP contribution is -2.49. The molecular formula is C25H27N3O3S. The van der Waals surface area contributed by atoms with E-state index in [2.05, 4.69) is 4.72 Å². The van der Waals surface area contributed by atoms with E-state index in [9.17, 15) is 13.2 Å². The first-order valence-corrected chi connectivity index (χ1v) is 12.1. The number of benzene rings is 3. The molecule has 6 nitrogen and oxygen atoms in total. The van der Waals surface area contributed by atoms with E-state index >= 15 is 0 Å². The van der Waals surface area contributed by atoms with E-state index in [0.29, 0.717) is 31.0 Å². The number of amides is 2. The standard InChI is InChI=1S/C25H27N3O3S/c1-19-7-11-21(12-8-19)18-27-15-4-16-28(25(27)29)23-6-3-5-22(17-23)26-32(30,31)24-13-9-20(2)10-14-24/h3,5-14,17,26H,4,15-16,18H2,1-2H3. The number of aryl methyl sites for hydroxylation is 2. The predicted molar refractivity (Wildman–Crippen MR) is 127 cm³/mol. The quantitative estimate of drug-likeness (QED) is 0.580. The van der Waals surface area contributed by atoms with Gasteiger partial charge in [-0.15, -0.1) is 0 Å². The highest BCUT2D eigenvalue weighted by molar-refractivity contribution is 7.92. The van der Waals surface area contributed by atoms with Crippen molar-refractivity contribution in [1.29, 1.82) is 0 Å². The first-order valence-electron chi connectivity index (χ1n) is 10.6. The first kappa shape index (κ1) is 21.9. The molecule has 4 rings (SSSR count). The minimum atomic E-state index is -3.71. The van der Waals surface area contributed by atoms with Gasteiger partial charge in [-0.3, -0.25) is 9.62 Å². The van der Waals surface area contributed by atoms with Crippen molar-refractivity contribution in [2.45, 2.75) is 31.7 Å². The van der Waals surface area contributed by atoms with Gasteiger partial charge >= 0.3 is 6.03 Å². The Kier molecular flexibility index (Phi) is 6.19. The molecule has 32 heavy (non-hydrogen) atoms. The zero-order valence-electron chi connectivity index (χ0n) is 18.3. The summed E-state index contributed by atoms with van der Waals surface area (Å²) >= 11 is 0. The number of rotatable bonds is 6. The van der Waals surface area contributed by atoms with E-state index in [1.807, 2.05) is 49.1 Å². The van der Waals surface area contributed by atoms with Crippen molar-refractivity contribution in [3.05, 3.63) is 89.5 Å². The Balaban J connectivity index is 1.51. The van der Waals surface area contributed by atoms with Gasteiger partial charge in [0, 0.05) is 25.3 Å². The van der Waals surface area contributed by atoms with Crippen LogP contribution < -0.4 is 9.62 Å². The second kappa shape index (κ2) is 9.04. The van der Waals surface area contributed by atoms with Gasteiger partial charge in [0.15, 0.2) is 0 Å². The van der Waals surface area contributed by atoms with Gasteiger partial charge in [-0.05, 0) is 56.2 Å². The monoisotopic (exact) mass is 449 g/mol. The Hall–Kier alpha value is -3.32. The van der Waals surface area contributed by atoms with Crippen LogP contribution in [0.1, 0.15) is 23.1 Å². The summed E-state index contributed by atoms with van der Waals surface area (Å²) in [6.45, 7) is 5.79. The van der Waals surface area contributed by atoms with E-state index < -0.39 is 10.0 Å². The predicted octanol–water partition coefficient (Wildman–Crippen LogP) is 4.94. The summed E-state index contributed by atoms with van der Waals surface area (Å²) in [6.07, 6.45) is 0.844. The van der Waals surface area contributed by atoms with Gasteiger partial charge in [0.25, 0.3) is 10.0 Å². The van der Waals surface area contributed by atoms with Crippen LogP contribution in [0.15, 0.2) is 77.7 Å². The molecule has 0 bridgehead atoms. The Bertz CT molecular complexity index is 1210. The van der Waals surface area contributed by atoms with Crippen LogP contribution in [-0.4, -0.2) is 32.4 Å². The van der Waals surface area contributed by atoms with E-state index in [0.717, 1.165) is 17.5 Å². The Morgan fingerprint density at radius 2 is 1.53 bits per heavy atom. The van der Waals surface area contributed by atoms with Crippen LogP contribution >= 0.6 is 0 Å². The third kappa shape index (κ3) is 4.94. The minimum Gasteiger partial charge on any atom is -0.320 e. The Morgan fingerprint density at radius 1 is 0.875 bits per heavy atom. The number of anilines is 2. The summed E-state index contributed by atoms with van der Waals surface area (Å²) < 4.78 is 28.1. The van der Waals surface area contributed by atoms with Gasteiger partial charge in [0.1, 0.15) is 0 Å². The fourth-order valence-electron chi connectivity index (χ4n) is 3.75. The Labute approximate surface area is 189 Å². The second-order valence-electron chi connectivity index (χ2n) is 8.16. The molecule has 166 valence electrons. The summed E-state index contributed by atoms with van der Waals surface area (Å²) in [5.74, 6) is 0. The summed E-state index contributed by atoms with van der Waals surface area (Å²) in [5.41, 5.74) is 4.36. The van der Waals surface area contributed by atoms with Crippen molar-refractivity contribution >= 4 is 27.4 Å². The smallest absolute Gasteiger partial charge is 0.320 e. The largest absolute Gasteiger partial charge is 0.324 e. The molecule has 0 atom stereocenters. The SMILES string of the molecule is Cc1ccc(CN2CCCN(c3cccc(NS(=O)(=O)c4ccc(C)cc4)c3)C2=O)cc1. The van der Waals surface area contributed by atoms with Gasteiger partial charge < -0.3 is 4.90 Å². The highest BCUT2D eigenvalue weighted by atomic mass is 32.2. The number of carbonyl (C=O) groups excluding carboxylic acids is 1. The average Bonchev–Trinajstić information content (AvgIpc) is 2.77. The molecule has 3 aromatic rings. The van der Waals surface area contributed by atoms with Crippen molar-refractivity contribution in [3.63, 3.8) is 0 Å². The maximum absolute atomic E-state index is 13.2. The highest BCUT2D eigenvalue weighted by Gasteiger charge is 2.27. The molecule has 1 saturated heterocycles. The number of nitrogens with zero attached hydrogens (tertiary/aromatic N) is 2. The summed E-state index contributed by atoms with van der Waals surface area (Å²) in [4.78, 5) is 16.9. The molecular weight excluding hydrogens is 422 g/mol. The molecule has 0 aromatic heterocycles. The van der Waals surface area contributed by atoms with Crippen LogP contribution in [-0.2, 0) is 16.6 Å². The molecule has 7 heteroatoms. The van der Waals surface area contributed by atoms with Crippen LogP contribution in [0.25, 0.3) is 0 Å². The summed E-state index contributed by atoms with van der Waals surface area (Å²) in [6, 6.07) is 21.8. The molecule has 1 fully saturated rings. The van der Waals surface area contributed by atoms with Crippen molar-refractivity contribution in [2.75, 3.05) is 22.7 Å². The molecule has 2 amide bonds. The van der Waals surface area contributed by atoms with Crippen molar-refractivity contribution in [2.24, 2.45) is 0 Å². The third-order valence-corrected chi connectivity index (χ3v) is 6.94. The molecule has 0 radical (unpaired) electrons. The topological polar surface area (TPSA) is 69.7 Å². The molecule has 1 aliphatic heterocycles. The zero-order chi connectivity index (χ0) is 22.7. The van der Waals surface area contributed by atoms with Crippen LogP contribution in [0.4, 0.5) is 16.2 Å². The van der Waals surface area contributed by atoms with Crippen LogP contribution in [0, 0.1) is 13.8 Å². The van der Waals surface area contributed by atoms with Gasteiger partial charge in [-0.25, -0.2) is 13.2 Å². The summed E-state index contributed by atoms with van der Waals surface area (Å²) in [7, 11) is -3.71. The van der Waals surface area contributed by atoms with Crippen molar-refractivity contribution in [3.8, 4) is 0 Å². The molecule has 0 saturated carbocycles. The van der Waals surface area contributed by atoms with Crippen LogP contribution in [0.5, 0.6) is 0 Å². The maximum atomic E-state index is 13.2. The molecule has 1 N–H and O–H groups in total. The molecule has 1 heterocycles. The lowest BCUT2D eigenvalue weighted by atomic mass is 10.1. The van der Waals surface area contributed by atoms with Crippen LogP contribution in [0.2, 0.25) is 0 Å². The fourth-order valence-corrected chi connectivity index (χ4v) is 4.80. The Morgan fingerprint density at radius 3 is 2.22 bits per heavy atom. The zero-order valence-corrected chi connectivity index (χ0v) is 19.1.